The van der Waals surface area contributed by atoms with Crippen LogP contribution in [0.1, 0.15) is 18.5 Å². The number of amides is 4. The molecule has 1 unspecified atom stereocenters. The van der Waals surface area contributed by atoms with Crippen molar-refractivity contribution in [1.29, 1.82) is 0 Å². The van der Waals surface area contributed by atoms with E-state index in [1.165, 1.54) is 38.3 Å². The first kappa shape index (κ1) is 20.9. The van der Waals surface area contributed by atoms with Crippen molar-refractivity contribution in [3.8, 4) is 5.75 Å². The fourth-order valence-electron chi connectivity index (χ4n) is 3.08. The Morgan fingerprint density at radius 3 is 2.37 bits per heavy atom. The summed E-state index contributed by atoms with van der Waals surface area (Å²) in [6.07, 6.45) is 0. The van der Waals surface area contributed by atoms with Gasteiger partial charge in [-0.1, -0.05) is 12.1 Å². The fraction of sp³-hybridized carbons (Fsp3) is 0.250. The van der Waals surface area contributed by atoms with Crippen molar-refractivity contribution in [2.45, 2.75) is 19.0 Å². The van der Waals surface area contributed by atoms with Crippen molar-refractivity contribution in [3.05, 3.63) is 59.9 Å². The summed E-state index contributed by atoms with van der Waals surface area (Å²) in [5.41, 5.74) is 3.48. The molecule has 0 saturated carbocycles. The third-order valence-electron chi connectivity index (χ3n) is 4.78. The number of urea groups is 2. The number of carbonyl (C=O) groups excluding carboxylic acids is 2. The number of ether oxygens (including phenoxy) is 1. The Bertz CT molecular complexity index is 935. The summed E-state index contributed by atoms with van der Waals surface area (Å²) < 4.78 is 18.2. The van der Waals surface area contributed by atoms with E-state index in [4.69, 9.17) is 4.74 Å². The number of hydrazine groups is 1. The highest BCUT2D eigenvalue weighted by atomic mass is 19.1. The molecule has 0 aliphatic carbocycles. The molecule has 0 aromatic heterocycles. The van der Waals surface area contributed by atoms with Gasteiger partial charge in [0.1, 0.15) is 17.6 Å². The van der Waals surface area contributed by atoms with E-state index in [1.807, 2.05) is 0 Å². The minimum atomic E-state index is -1.16. The lowest BCUT2D eigenvalue weighted by Crippen LogP contribution is -2.49. The molecule has 3 rings (SSSR count). The highest BCUT2D eigenvalue weighted by molar-refractivity contribution is 5.92. The van der Waals surface area contributed by atoms with Gasteiger partial charge in [-0.25, -0.2) is 29.2 Å². The number of nitrogens with one attached hydrogen (secondary N) is 2. The van der Waals surface area contributed by atoms with Gasteiger partial charge in [0, 0.05) is 5.69 Å². The molecule has 10 heteroatoms. The van der Waals surface area contributed by atoms with Crippen LogP contribution < -0.4 is 15.5 Å². The van der Waals surface area contributed by atoms with E-state index < -0.39 is 35.9 Å². The number of rotatable bonds is 6. The molecule has 2 aromatic carbocycles. The van der Waals surface area contributed by atoms with Crippen LogP contribution in [-0.2, 0) is 4.79 Å². The van der Waals surface area contributed by atoms with Gasteiger partial charge in [-0.3, -0.25) is 0 Å². The maximum absolute atomic E-state index is 13.0. The Balaban J connectivity index is 1.82. The van der Waals surface area contributed by atoms with Crippen molar-refractivity contribution in [3.63, 3.8) is 0 Å². The van der Waals surface area contributed by atoms with Gasteiger partial charge in [0.15, 0.2) is 0 Å². The third kappa shape index (κ3) is 4.43. The molecule has 1 saturated heterocycles. The normalized spacial score (nSPS) is 16.9. The van der Waals surface area contributed by atoms with Crippen molar-refractivity contribution < 1.29 is 28.6 Å². The highest BCUT2D eigenvalue weighted by Crippen LogP contribution is 2.30. The van der Waals surface area contributed by atoms with Crippen molar-refractivity contribution in [2.75, 3.05) is 19.0 Å². The van der Waals surface area contributed by atoms with Gasteiger partial charge in [0.25, 0.3) is 0 Å². The molecule has 1 heterocycles. The zero-order valence-electron chi connectivity index (χ0n) is 16.3. The molecule has 0 spiro atoms. The first-order chi connectivity index (χ1) is 14.3. The van der Waals surface area contributed by atoms with Gasteiger partial charge in [0.05, 0.1) is 19.7 Å². The van der Waals surface area contributed by atoms with Crippen LogP contribution in [-0.4, -0.2) is 52.7 Å². The summed E-state index contributed by atoms with van der Waals surface area (Å²) >= 11 is 0. The molecule has 4 amide bonds. The SMILES string of the molecule is COc1ccc([C@@H]2CN(C(C)C(=O)O)C(=O)N2NC(=O)Nc2ccc(F)cc2)cc1. The Morgan fingerprint density at radius 1 is 1.17 bits per heavy atom. The summed E-state index contributed by atoms with van der Waals surface area (Å²) in [6, 6.07) is 8.93. The van der Waals surface area contributed by atoms with E-state index in [1.54, 1.807) is 24.3 Å². The highest BCUT2D eigenvalue weighted by Gasteiger charge is 2.43. The number of halogens is 1. The molecule has 0 radical (unpaired) electrons. The van der Waals surface area contributed by atoms with Crippen LogP contribution in [0.4, 0.5) is 19.7 Å². The largest absolute Gasteiger partial charge is 0.497 e. The molecule has 1 aliphatic heterocycles. The number of anilines is 1. The van der Waals surface area contributed by atoms with Gasteiger partial charge < -0.3 is 20.1 Å². The van der Waals surface area contributed by atoms with E-state index in [-0.39, 0.29) is 6.54 Å². The number of methoxy groups -OCH3 is 1. The maximum atomic E-state index is 13.0. The van der Waals surface area contributed by atoms with Gasteiger partial charge in [-0.2, -0.15) is 0 Å². The molecular weight excluding hydrogens is 395 g/mol. The fourth-order valence-corrected chi connectivity index (χ4v) is 3.08. The van der Waals surface area contributed by atoms with Gasteiger partial charge in [-0.15, -0.1) is 0 Å². The molecule has 9 nitrogen and oxygen atoms in total. The molecule has 3 N–H and O–H groups in total. The number of benzene rings is 2. The second kappa shape index (κ2) is 8.68. The lowest BCUT2D eigenvalue weighted by atomic mass is 10.1. The number of carboxylic acids is 1. The predicted molar refractivity (Wildman–Crippen MR) is 105 cm³/mol. The van der Waals surface area contributed by atoms with Crippen LogP contribution in [0, 0.1) is 5.82 Å². The first-order valence-corrected chi connectivity index (χ1v) is 9.10. The van der Waals surface area contributed by atoms with Crippen LogP contribution in [0.2, 0.25) is 0 Å². The van der Waals surface area contributed by atoms with Gasteiger partial charge in [0.2, 0.25) is 0 Å². The van der Waals surface area contributed by atoms with Crippen LogP contribution >= 0.6 is 0 Å². The van der Waals surface area contributed by atoms with E-state index in [0.29, 0.717) is 17.0 Å². The standard InChI is InChI=1S/C20H21FN4O5/c1-12(18(26)27)24-11-17(13-3-9-16(30-2)10-4-13)25(20(24)29)23-19(28)22-15-7-5-14(21)6-8-15/h3-10,12,17H,11H2,1-2H3,(H,26,27)(H2,22,23,28)/t12?,17-/m0/s1. The number of hydrogen-bond donors (Lipinski definition) is 3. The summed E-state index contributed by atoms with van der Waals surface area (Å²) in [6.45, 7) is 1.46. The minimum absolute atomic E-state index is 0.0649. The van der Waals surface area contributed by atoms with Gasteiger partial charge in [-0.05, 0) is 48.9 Å². The zero-order valence-corrected chi connectivity index (χ0v) is 16.3. The number of carboxylic acid groups (broad SMARTS) is 1. The second-order valence-corrected chi connectivity index (χ2v) is 6.68. The smallest absolute Gasteiger partial charge is 0.340 e. The van der Waals surface area contributed by atoms with Crippen LogP contribution in [0.3, 0.4) is 0 Å². The second-order valence-electron chi connectivity index (χ2n) is 6.68. The molecule has 0 bridgehead atoms. The average molecular weight is 416 g/mol. The van der Waals surface area contributed by atoms with Gasteiger partial charge >= 0.3 is 18.0 Å². The molecule has 158 valence electrons. The monoisotopic (exact) mass is 416 g/mol. The summed E-state index contributed by atoms with van der Waals surface area (Å²) in [7, 11) is 1.53. The Hall–Kier alpha value is -3.82. The summed E-state index contributed by atoms with van der Waals surface area (Å²) in [4.78, 5) is 37.8. The lowest BCUT2D eigenvalue weighted by molar-refractivity contribution is -0.141. The van der Waals surface area contributed by atoms with Crippen LogP contribution in [0.15, 0.2) is 48.5 Å². The van der Waals surface area contributed by atoms with E-state index in [9.17, 15) is 23.9 Å². The Labute approximate surface area is 172 Å². The Kier molecular flexibility index (Phi) is 6.05. The number of carbonyl (C=O) groups is 3. The molecular formula is C20H21FN4O5. The van der Waals surface area contributed by atoms with Crippen LogP contribution in [0.5, 0.6) is 5.75 Å². The first-order valence-electron chi connectivity index (χ1n) is 9.10. The predicted octanol–water partition coefficient (Wildman–Crippen LogP) is 2.82. The topological polar surface area (TPSA) is 111 Å². The van der Waals surface area contributed by atoms with Crippen LogP contribution in [0.25, 0.3) is 0 Å². The lowest BCUT2D eigenvalue weighted by Gasteiger charge is -2.24. The van der Waals surface area contributed by atoms with Crippen molar-refractivity contribution >= 4 is 23.7 Å². The minimum Gasteiger partial charge on any atom is -0.497 e. The molecule has 2 aromatic rings. The Morgan fingerprint density at radius 2 is 1.80 bits per heavy atom. The summed E-state index contributed by atoms with van der Waals surface area (Å²) in [5, 5.41) is 12.9. The number of aliphatic carboxylic acids is 1. The van der Waals surface area contributed by atoms with E-state index >= 15 is 0 Å². The van der Waals surface area contributed by atoms with E-state index in [0.717, 1.165) is 9.91 Å². The third-order valence-corrected chi connectivity index (χ3v) is 4.78. The number of hydrogen-bond acceptors (Lipinski definition) is 4. The zero-order chi connectivity index (χ0) is 21.8. The molecule has 1 fully saturated rings. The quantitative estimate of drug-likeness (QED) is 0.671. The number of nitrogens with zero attached hydrogens (tertiary/aromatic N) is 2. The van der Waals surface area contributed by atoms with Crippen molar-refractivity contribution in [2.24, 2.45) is 0 Å². The molecule has 30 heavy (non-hydrogen) atoms. The van der Waals surface area contributed by atoms with Crippen molar-refractivity contribution in [1.82, 2.24) is 15.3 Å². The average Bonchev–Trinajstić information content (AvgIpc) is 3.05. The van der Waals surface area contributed by atoms with E-state index in [2.05, 4.69) is 10.7 Å². The summed E-state index contributed by atoms with van der Waals surface area (Å²) in [5.74, 6) is -0.990. The maximum Gasteiger partial charge on any atom is 0.340 e. The molecule has 1 aliphatic rings. The molecule has 2 atom stereocenters.